The van der Waals surface area contributed by atoms with Crippen LogP contribution in [0.5, 0.6) is 0 Å². The van der Waals surface area contributed by atoms with Gasteiger partial charge in [0.2, 0.25) is 5.76 Å². The second kappa shape index (κ2) is 9.31. The second-order valence-electron chi connectivity index (χ2n) is 9.59. The minimum atomic E-state index is -0.457. The van der Waals surface area contributed by atoms with Gasteiger partial charge in [-0.2, -0.15) is 0 Å². The summed E-state index contributed by atoms with van der Waals surface area (Å²) in [7, 11) is 0. The lowest BCUT2D eigenvalue weighted by molar-refractivity contribution is 0.0708. The highest BCUT2D eigenvalue weighted by atomic mass is 16.3. The van der Waals surface area contributed by atoms with E-state index in [0.29, 0.717) is 29.0 Å². The van der Waals surface area contributed by atoms with E-state index in [-0.39, 0.29) is 17.1 Å². The molecule has 0 bridgehead atoms. The number of carbonyl (C=O) groups excluding carboxylic acids is 1. The summed E-state index contributed by atoms with van der Waals surface area (Å²) in [5.41, 5.74) is 2.98. The van der Waals surface area contributed by atoms with E-state index in [1.165, 1.54) is 5.56 Å². The van der Waals surface area contributed by atoms with Crippen molar-refractivity contribution in [2.75, 3.05) is 26.2 Å². The lowest BCUT2D eigenvalue weighted by Gasteiger charge is -2.28. The maximum atomic E-state index is 13.9. The molecule has 0 spiro atoms. The SMILES string of the molecule is CCN(CC)CCN1C(=O)c2oc3c(ccc4ccccc43)c(=O)c2C1c1ccc(C(C)C)cc1. The minimum Gasteiger partial charge on any atom is -0.450 e. The first-order valence-corrected chi connectivity index (χ1v) is 12.6. The zero-order valence-electron chi connectivity index (χ0n) is 20.9. The van der Waals surface area contributed by atoms with E-state index < -0.39 is 6.04 Å². The molecule has 3 aromatic carbocycles. The molecule has 1 aliphatic heterocycles. The van der Waals surface area contributed by atoms with Crippen LogP contribution < -0.4 is 5.43 Å². The number of hydrogen-bond acceptors (Lipinski definition) is 4. The van der Waals surface area contributed by atoms with E-state index in [2.05, 4.69) is 56.9 Å². The molecule has 5 nitrogen and oxygen atoms in total. The largest absolute Gasteiger partial charge is 0.450 e. The van der Waals surface area contributed by atoms with Crippen LogP contribution in [-0.4, -0.2) is 41.9 Å². The second-order valence-corrected chi connectivity index (χ2v) is 9.59. The van der Waals surface area contributed by atoms with Gasteiger partial charge in [0.05, 0.1) is 17.0 Å². The van der Waals surface area contributed by atoms with E-state index in [0.717, 1.165) is 36.0 Å². The van der Waals surface area contributed by atoms with E-state index in [4.69, 9.17) is 4.42 Å². The third-order valence-electron chi connectivity index (χ3n) is 7.33. The van der Waals surface area contributed by atoms with Crippen molar-refractivity contribution < 1.29 is 9.21 Å². The predicted molar refractivity (Wildman–Crippen MR) is 141 cm³/mol. The van der Waals surface area contributed by atoms with Gasteiger partial charge in [-0.3, -0.25) is 9.59 Å². The Morgan fingerprint density at radius 1 is 0.914 bits per heavy atom. The molecule has 35 heavy (non-hydrogen) atoms. The molecule has 5 heteroatoms. The average Bonchev–Trinajstić information content (AvgIpc) is 3.16. The summed E-state index contributed by atoms with van der Waals surface area (Å²) in [6, 6.07) is 19.4. The molecule has 0 saturated carbocycles. The number of rotatable bonds is 7. The van der Waals surface area contributed by atoms with Gasteiger partial charge in [-0.15, -0.1) is 0 Å². The molecule has 0 N–H and O–H groups in total. The fraction of sp³-hybridized carbons (Fsp3) is 0.333. The molecule has 1 unspecified atom stereocenters. The Labute approximate surface area is 206 Å². The van der Waals surface area contributed by atoms with Gasteiger partial charge in [0.25, 0.3) is 5.91 Å². The van der Waals surface area contributed by atoms with Crippen LogP contribution >= 0.6 is 0 Å². The Bertz CT molecular complexity index is 1450. The van der Waals surface area contributed by atoms with Crippen molar-refractivity contribution >= 4 is 27.6 Å². The lowest BCUT2D eigenvalue weighted by Crippen LogP contribution is -2.37. The molecule has 0 aliphatic carbocycles. The van der Waals surface area contributed by atoms with Crippen molar-refractivity contribution in [3.05, 3.63) is 93.3 Å². The molecule has 0 radical (unpaired) electrons. The third kappa shape index (κ3) is 3.94. The van der Waals surface area contributed by atoms with Gasteiger partial charge in [0.15, 0.2) is 5.43 Å². The van der Waals surface area contributed by atoms with Crippen LogP contribution in [0, 0.1) is 0 Å². The van der Waals surface area contributed by atoms with Gasteiger partial charge in [-0.1, -0.05) is 82.3 Å². The molecule has 5 rings (SSSR count). The number of fused-ring (bicyclic) bond motifs is 4. The van der Waals surface area contributed by atoms with Crippen LogP contribution in [0.1, 0.15) is 66.9 Å². The molecule has 4 aromatic rings. The summed E-state index contributed by atoms with van der Waals surface area (Å²) in [5, 5.41) is 2.34. The summed E-state index contributed by atoms with van der Waals surface area (Å²) >= 11 is 0. The van der Waals surface area contributed by atoms with Crippen molar-refractivity contribution in [2.24, 2.45) is 0 Å². The van der Waals surface area contributed by atoms with E-state index >= 15 is 0 Å². The lowest BCUT2D eigenvalue weighted by atomic mass is 9.95. The van der Waals surface area contributed by atoms with Gasteiger partial charge < -0.3 is 14.2 Å². The standard InChI is InChI=1S/C30H32N2O3/c1-5-31(6-2)17-18-32-26(22-13-11-20(12-14-22)19(3)4)25-27(33)24-16-15-21-9-7-8-10-23(21)28(24)35-29(25)30(32)34/h7-16,19,26H,5-6,17-18H2,1-4H3. The first-order chi connectivity index (χ1) is 16.9. The van der Waals surface area contributed by atoms with Crippen LogP contribution in [-0.2, 0) is 0 Å². The molecular formula is C30H32N2O3. The van der Waals surface area contributed by atoms with E-state index in [1.54, 1.807) is 0 Å². The van der Waals surface area contributed by atoms with Crippen LogP contribution in [0.25, 0.3) is 21.7 Å². The molecule has 1 amide bonds. The molecule has 0 fully saturated rings. The average molecular weight is 469 g/mol. The number of hydrogen-bond donors (Lipinski definition) is 0. The highest BCUT2D eigenvalue weighted by Crippen LogP contribution is 2.39. The van der Waals surface area contributed by atoms with Crippen LogP contribution in [0.4, 0.5) is 0 Å². The minimum absolute atomic E-state index is 0.122. The highest BCUT2D eigenvalue weighted by molar-refractivity contribution is 6.06. The van der Waals surface area contributed by atoms with Crippen molar-refractivity contribution in [3.8, 4) is 0 Å². The molecule has 180 valence electrons. The number of nitrogens with zero attached hydrogens (tertiary/aromatic N) is 2. The quantitative estimate of drug-likeness (QED) is 0.314. The molecular weight excluding hydrogens is 436 g/mol. The van der Waals surface area contributed by atoms with Crippen LogP contribution in [0.15, 0.2) is 69.9 Å². The van der Waals surface area contributed by atoms with Gasteiger partial charge in [-0.05, 0) is 41.6 Å². The van der Waals surface area contributed by atoms with Crippen molar-refractivity contribution in [1.82, 2.24) is 9.80 Å². The topological polar surface area (TPSA) is 53.8 Å². The summed E-state index contributed by atoms with van der Waals surface area (Å²) < 4.78 is 6.31. The Kier molecular flexibility index (Phi) is 6.20. The summed E-state index contributed by atoms with van der Waals surface area (Å²) in [6.45, 7) is 11.6. The van der Waals surface area contributed by atoms with E-state index in [9.17, 15) is 9.59 Å². The van der Waals surface area contributed by atoms with Gasteiger partial charge in [0, 0.05) is 18.5 Å². The van der Waals surface area contributed by atoms with Gasteiger partial charge in [0.1, 0.15) is 5.58 Å². The van der Waals surface area contributed by atoms with Crippen molar-refractivity contribution in [3.63, 3.8) is 0 Å². The number of amides is 1. The summed E-state index contributed by atoms with van der Waals surface area (Å²) in [4.78, 5) is 31.8. The van der Waals surface area contributed by atoms with Gasteiger partial charge >= 0.3 is 0 Å². The Morgan fingerprint density at radius 3 is 2.31 bits per heavy atom. The summed E-state index contributed by atoms with van der Waals surface area (Å²) in [6.07, 6.45) is 0. The number of likely N-dealkylation sites (N-methyl/N-ethyl adjacent to an activating group) is 1. The summed E-state index contributed by atoms with van der Waals surface area (Å²) in [5.74, 6) is 0.371. The van der Waals surface area contributed by atoms with Crippen LogP contribution in [0.2, 0.25) is 0 Å². The fourth-order valence-electron chi connectivity index (χ4n) is 5.18. The molecule has 0 saturated heterocycles. The van der Waals surface area contributed by atoms with E-state index in [1.807, 2.05) is 41.3 Å². The monoisotopic (exact) mass is 468 g/mol. The molecule has 1 aromatic heterocycles. The Hall–Kier alpha value is -3.44. The molecule has 2 heterocycles. The number of carbonyl (C=O) groups is 1. The third-order valence-corrected chi connectivity index (χ3v) is 7.33. The maximum Gasteiger partial charge on any atom is 0.290 e. The number of benzene rings is 3. The van der Waals surface area contributed by atoms with Crippen molar-refractivity contribution in [2.45, 2.75) is 39.7 Å². The predicted octanol–water partition coefficient (Wildman–Crippen LogP) is 5.96. The fourth-order valence-corrected chi connectivity index (χ4v) is 5.18. The molecule has 1 aliphatic rings. The zero-order valence-corrected chi connectivity index (χ0v) is 20.9. The van der Waals surface area contributed by atoms with Gasteiger partial charge in [-0.25, -0.2) is 0 Å². The highest BCUT2D eigenvalue weighted by Gasteiger charge is 2.42. The Balaban J connectivity index is 1.69. The Morgan fingerprint density at radius 2 is 1.63 bits per heavy atom. The smallest absolute Gasteiger partial charge is 0.290 e. The zero-order chi connectivity index (χ0) is 24.7. The maximum absolute atomic E-state index is 13.9. The molecule has 1 atom stereocenters. The first kappa shape index (κ1) is 23.3. The normalized spacial score (nSPS) is 15.7. The van der Waals surface area contributed by atoms with Crippen molar-refractivity contribution in [1.29, 1.82) is 0 Å². The first-order valence-electron chi connectivity index (χ1n) is 12.6. The van der Waals surface area contributed by atoms with Crippen LogP contribution in [0.3, 0.4) is 0 Å².